The van der Waals surface area contributed by atoms with E-state index >= 15 is 0 Å². The van der Waals surface area contributed by atoms with Crippen LogP contribution in [0.2, 0.25) is 5.02 Å². The smallest absolute Gasteiger partial charge is 0.266 e. The minimum Gasteiger partial charge on any atom is -0.384 e. The number of hydrogen-bond donors (Lipinski definition) is 1. The summed E-state index contributed by atoms with van der Waals surface area (Å²) in [7, 11) is 4.00. The van der Waals surface area contributed by atoms with Crippen molar-refractivity contribution in [3.05, 3.63) is 70.2 Å². The highest BCUT2D eigenvalue weighted by Crippen LogP contribution is 2.33. The molecule has 2 aromatic carbocycles. The maximum Gasteiger partial charge on any atom is 0.266 e. The fraction of sp³-hybridized carbons (Fsp3) is 0.208. The molecular formula is C24H23ClN4OS2. The summed E-state index contributed by atoms with van der Waals surface area (Å²) in [6, 6.07) is 15.7. The van der Waals surface area contributed by atoms with Crippen LogP contribution in [0.15, 0.2) is 59.6 Å². The van der Waals surface area contributed by atoms with Gasteiger partial charge in [0.05, 0.1) is 10.4 Å². The van der Waals surface area contributed by atoms with Crippen LogP contribution in [0.1, 0.15) is 12.0 Å². The Morgan fingerprint density at radius 3 is 2.72 bits per heavy atom. The number of nitrogens with one attached hydrogen (secondary N) is 1. The van der Waals surface area contributed by atoms with Gasteiger partial charge in [-0.3, -0.25) is 14.7 Å². The number of rotatable bonds is 7. The van der Waals surface area contributed by atoms with Crippen molar-refractivity contribution in [2.24, 2.45) is 0 Å². The van der Waals surface area contributed by atoms with Gasteiger partial charge in [-0.2, -0.15) is 0 Å². The zero-order chi connectivity index (χ0) is 22.7. The largest absolute Gasteiger partial charge is 0.384 e. The van der Waals surface area contributed by atoms with Crippen LogP contribution < -0.4 is 10.2 Å². The number of hydrogen-bond acceptors (Lipinski definition) is 6. The van der Waals surface area contributed by atoms with E-state index in [1.807, 2.05) is 73.6 Å². The number of thioether (sulfide) groups is 1. The normalized spacial score (nSPS) is 15.1. The molecule has 0 unspecified atom stereocenters. The van der Waals surface area contributed by atoms with Crippen molar-refractivity contribution in [1.82, 2.24) is 9.88 Å². The molecule has 0 aliphatic carbocycles. The molecular weight excluding hydrogens is 460 g/mol. The van der Waals surface area contributed by atoms with Gasteiger partial charge in [-0.15, -0.1) is 0 Å². The molecule has 1 fully saturated rings. The number of thiocarbonyl (C=S) groups is 1. The molecule has 8 heteroatoms. The lowest BCUT2D eigenvalue weighted by molar-refractivity contribution is -0.122. The average molecular weight is 483 g/mol. The van der Waals surface area contributed by atoms with E-state index in [2.05, 4.69) is 10.3 Å². The van der Waals surface area contributed by atoms with Gasteiger partial charge in [-0.1, -0.05) is 47.7 Å². The molecule has 32 heavy (non-hydrogen) atoms. The maximum absolute atomic E-state index is 12.9. The van der Waals surface area contributed by atoms with Gasteiger partial charge in [-0.25, -0.2) is 0 Å². The lowest BCUT2D eigenvalue weighted by Gasteiger charge is -2.15. The Balaban J connectivity index is 1.35. The first-order valence-electron chi connectivity index (χ1n) is 10.2. The zero-order valence-corrected chi connectivity index (χ0v) is 20.2. The molecule has 4 rings (SSSR count). The zero-order valence-electron chi connectivity index (χ0n) is 17.8. The Morgan fingerprint density at radius 1 is 1.19 bits per heavy atom. The number of amides is 1. The molecule has 1 amide bonds. The number of halogens is 1. The first-order chi connectivity index (χ1) is 15.4. The number of carbonyl (C=O) groups excluding carboxylic acids is 1. The number of aromatic nitrogens is 1. The monoisotopic (exact) mass is 482 g/mol. The van der Waals surface area contributed by atoms with E-state index in [1.165, 1.54) is 11.8 Å². The summed E-state index contributed by atoms with van der Waals surface area (Å²) in [5.74, 6) is -0.0271. The second kappa shape index (κ2) is 9.90. The van der Waals surface area contributed by atoms with E-state index in [4.69, 9.17) is 23.8 Å². The Morgan fingerprint density at radius 2 is 1.97 bits per heavy atom. The van der Waals surface area contributed by atoms with Gasteiger partial charge in [0.1, 0.15) is 4.32 Å². The van der Waals surface area contributed by atoms with E-state index in [9.17, 15) is 4.79 Å². The molecule has 164 valence electrons. The van der Waals surface area contributed by atoms with Crippen molar-refractivity contribution in [2.45, 2.75) is 6.42 Å². The van der Waals surface area contributed by atoms with E-state index in [1.54, 1.807) is 11.1 Å². The lowest BCUT2D eigenvalue weighted by atomic mass is 10.2. The number of benzene rings is 2. The van der Waals surface area contributed by atoms with Crippen LogP contribution in [-0.2, 0) is 4.79 Å². The van der Waals surface area contributed by atoms with Crippen LogP contribution in [0.5, 0.6) is 0 Å². The van der Waals surface area contributed by atoms with Crippen molar-refractivity contribution in [3.63, 3.8) is 0 Å². The van der Waals surface area contributed by atoms with Crippen LogP contribution in [-0.4, -0.2) is 47.3 Å². The van der Waals surface area contributed by atoms with Crippen molar-refractivity contribution in [1.29, 1.82) is 0 Å². The van der Waals surface area contributed by atoms with E-state index < -0.39 is 0 Å². The van der Waals surface area contributed by atoms with Crippen LogP contribution in [0.4, 0.5) is 11.4 Å². The molecule has 0 spiro atoms. The first-order valence-corrected chi connectivity index (χ1v) is 11.8. The van der Waals surface area contributed by atoms with Crippen molar-refractivity contribution < 1.29 is 4.79 Å². The second-order valence-corrected chi connectivity index (χ2v) is 9.73. The van der Waals surface area contributed by atoms with Gasteiger partial charge >= 0.3 is 0 Å². The van der Waals surface area contributed by atoms with E-state index in [0.29, 0.717) is 27.3 Å². The number of fused-ring (bicyclic) bond motifs is 1. The second-order valence-electron chi connectivity index (χ2n) is 7.62. The highest BCUT2D eigenvalue weighted by molar-refractivity contribution is 8.26. The minimum absolute atomic E-state index is 0.0271. The summed E-state index contributed by atoms with van der Waals surface area (Å²) >= 11 is 12.9. The Labute approximate surface area is 202 Å². The molecule has 0 saturated carbocycles. The van der Waals surface area contributed by atoms with Gasteiger partial charge in [0.25, 0.3) is 5.91 Å². The van der Waals surface area contributed by atoms with Gasteiger partial charge in [0, 0.05) is 55.2 Å². The third-order valence-corrected chi connectivity index (χ3v) is 6.77. The van der Waals surface area contributed by atoms with Gasteiger partial charge < -0.3 is 10.2 Å². The molecule has 1 saturated heterocycles. The fourth-order valence-electron chi connectivity index (χ4n) is 3.45. The summed E-state index contributed by atoms with van der Waals surface area (Å²) in [5, 5.41) is 5.12. The summed E-state index contributed by atoms with van der Waals surface area (Å²) in [6.07, 6.45) is 4.44. The van der Waals surface area contributed by atoms with Crippen LogP contribution in [0.25, 0.3) is 17.0 Å². The lowest BCUT2D eigenvalue weighted by Crippen LogP contribution is -2.30. The predicted octanol–water partition coefficient (Wildman–Crippen LogP) is 5.66. The summed E-state index contributed by atoms with van der Waals surface area (Å²) in [6.45, 7) is 1.28. The molecule has 5 nitrogen and oxygen atoms in total. The number of nitrogens with zero attached hydrogens (tertiary/aromatic N) is 3. The summed E-state index contributed by atoms with van der Waals surface area (Å²) < 4.78 is 0.607. The molecule has 0 radical (unpaired) electrons. The first kappa shape index (κ1) is 22.6. The van der Waals surface area contributed by atoms with Crippen LogP contribution in [0.3, 0.4) is 0 Å². The number of anilines is 2. The molecule has 1 aromatic heterocycles. The van der Waals surface area contributed by atoms with E-state index in [0.717, 1.165) is 34.3 Å². The highest BCUT2D eigenvalue weighted by atomic mass is 35.5. The van der Waals surface area contributed by atoms with Crippen molar-refractivity contribution in [3.8, 4) is 0 Å². The molecule has 2 heterocycles. The number of pyridine rings is 1. The summed E-state index contributed by atoms with van der Waals surface area (Å²) in [4.78, 5) is 21.6. The Bertz CT molecular complexity index is 1190. The van der Waals surface area contributed by atoms with Crippen LogP contribution in [0, 0.1) is 0 Å². The van der Waals surface area contributed by atoms with Crippen LogP contribution >= 0.6 is 35.6 Å². The molecule has 1 N–H and O–H groups in total. The highest BCUT2D eigenvalue weighted by Gasteiger charge is 2.31. The average Bonchev–Trinajstić information content (AvgIpc) is 3.04. The molecule has 0 bridgehead atoms. The van der Waals surface area contributed by atoms with E-state index in [-0.39, 0.29) is 5.91 Å². The molecule has 1 aliphatic rings. The Kier molecular flexibility index (Phi) is 6.98. The van der Waals surface area contributed by atoms with Gasteiger partial charge in [-0.05, 0) is 54.5 Å². The third-order valence-electron chi connectivity index (χ3n) is 5.16. The topological polar surface area (TPSA) is 48.5 Å². The molecule has 0 atom stereocenters. The SMILES string of the molecule is CN(C)c1ccc(/C=C2\SC(=S)N(CCCNc3ccnc4cc(Cl)ccc34)C2=O)cc1. The van der Waals surface area contributed by atoms with Crippen molar-refractivity contribution >= 4 is 74.2 Å². The quantitative estimate of drug-likeness (QED) is 0.266. The maximum atomic E-state index is 12.9. The van der Waals surface area contributed by atoms with Gasteiger partial charge in [0.15, 0.2) is 0 Å². The van der Waals surface area contributed by atoms with Crippen molar-refractivity contribution in [2.75, 3.05) is 37.4 Å². The van der Waals surface area contributed by atoms with Gasteiger partial charge in [0.2, 0.25) is 0 Å². The fourth-order valence-corrected chi connectivity index (χ4v) is 4.92. The molecule has 3 aromatic rings. The predicted molar refractivity (Wildman–Crippen MR) is 141 cm³/mol. The standard InChI is InChI=1S/C24H23ClN4OS2/c1-28(2)18-7-4-16(5-8-18)14-22-23(30)29(24(31)32-22)13-3-11-26-20-10-12-27-21-15-17(25)6-9-19(20)21/h4-10,12,14-15H,3,11,13H2,1-2H3,(H,26,27)/b22-14-. The third kappa shape index (κ3) is 5.06. The summed E-state index contributed by atoms with van der Waals surface area (Å²) in [5.41, 5.74) is 3.95. The minimum atomic E-state index is -0.0271. The Hall–Kier alpha value is -2.61. The molecule has 1 aliphatic heterocycles. The number of carbonyl (C=O) groups is 1.